The molecule has 0 aliphatic heterocycles. The molecule has 0 aliphatic rings. The van der Waals surface area contributed by atoms with Crippen molar-refractivity contribution in [2.75, 3.05) is 13.1 Å². The van der Waals surface area contributed by atoms with Crippen LogP contribution in [0.4, 0.5) is 0 Å². The van der Waals surface area contributed by atoms with Crippen molar-refractivity contribution in [3.63, 3.8) is 0 Å². The van der Waals surface area contributed by atoms with Crippen molar-refractivity contribution in [1.82, 2.24) is 5.06 Å². The van der Waals surface area contributed by atoms with Gasteiger partial charge in [-0.3, -0.25) is 0 Å². The van der Waals surface area contributed by atoms with E-state index < -0.39 is 0 Å². The molecule has 0 aliphatic carbocycles. The third-order valence-electron chi connectivity index (χ3n) is 3.57. The maximum absolute atomic E-state index is 12.3. The lowest BCUT2D eigenvalue weighted by Crippen LogP contribution is -2.27. The fourth-order valence-corrected chi connectivity index (χ4v) is 2.28. The molecule has 0 radical (unpaired) electrons. The Hall–Kier alpha value is -1.55. The number of phenols is 1. The van der Waals surface area contributed by atoms with Crippen molar-refractivity contribution in [1.29, 1.82) is 0 Å². The summed E-state index contributed by atoms with van der Waals surface area (Å²) in [5.74, 6) is -0.208. The number of rotatable bonds is 9. The van der Waals surface area contributed by atoms with Gasteiger partial charge in [0.25, 0.3) is 0 Å². The lowest BCUT2D eigenvalue weighted by molar-refractivity contribution is -0.103. The van der Waals surface area contributed by atoms with Crippen LogP contribution in [0, 0.1) is 0 Å². The molecule has 1 aromatic carbocycles. The Morgan fingerprint density at radius 2 is 1.86 bits per heavy atom. The fourth-order valence-electron chi connectivity index (χ4n) is 2.28. The number of phenolic OH excluding ortho intramolecular Hbond substituents is 1. The van der Waals surface area contributed by atoms with Gasteiger partial charge in [0, 0.05) is 18.7 Å². The number of hydroxylamine groups is 2. The first kappa shape index (κ1) is 17.5. The van der Waals surface area contributed by atoms with E-state index in [1.54, 1.807) is 23.3 Å². The third kappa shape index (κ3) is 5.38. The monoisotopic (exact) mass is 293 g/mol. The van der Waals surface area contributed by atoms with Crippen LogP contribution in [0.3, 0.4) is 0 Å². The topological polar surface area (TPSA) is 49.8 Å². The second kappa shape index (κ2) is 9.40. The molecule has 4 heteroatoms. The minimum absolute atomic E-state index is 0.181. The number of benzene rings is 1. The molecule has 0 aromatic heterocycles. The molecule has 21 heavy (non-hydrogen) atoms. The van der Waals surface area contributed by atoms with Gasteiger partial charge in [-0.15, -0.1) is 5.06 Å². The predicted octanol–water partition coefficient (Wildman–Crippen LogP) is 3.93. The van der Waals surface area contributed by atoms with Gasteiger partial charge in [-0.25, -0.2) is 4.79 Å². The summed E-state index contributed by atoms with van der Waals surface area (Å²) in [6.07, 6.45) is 5.12. The maximum Gasteiger partial charge on any atom is 0.357 e. The minimum atomic E-state index is -0.389. The van der Waals surface area contributed by atoms with Gasteiger partial charge in [0.1, 0.15) is 5.75 Å². The van der Waals surface area contributed by atoms with Crippen molar-refractivity contribution < 1.29 is 14.7 Å². The van der Waals surface area contributed by atoms with Crippen LogP contribution in [-0.4, -0.2) is 29.2 Å². The number of carbonyl (C=O) groups is 1. The van der Waals surface area contributed by atoms with Crippen molar-refractivity contribution in [2.45, 2.75) is 52.9 Å². The van der Waals surface area contributed by atoms with Crippen molar-refractivity contribution in [3.8, 4) is 5.75 Å². The van der Waals surface area contributed by atoms with Crippen LogP contribution in [0.1, 0.15) is 62.4 Å². The van der Waals surface area contributed by atoms with E-state index in [1.807, 2.05) is 13.8 Å². The lowest BCUT2D eigenvalue weighted by Gasteiger charge is -2.18. The lowest BCUT2D eigenvalue weighted by atomic mass is 10.00. The van der Waals surface area contributed by atoms with Crippen LogP contribution >= 0.6 is 0 Å². The predicted molar refractivity (Wildman–Crippen MR) is 84.3 cm³/mol. The zero-order valence-corrected chi connectivity index (χ0v) is 13.4. The van der Waals surface area contributed by atoms with Gasteiger partial charge in [-0.05, 0) is 38.8 Å². The Morgan fingerprint density at radius 1 is 1.14 bits per heavy atom. The first-order chi connectivity index (χ1) is 10.1. The van der Waals surface area contributed by atoms with E-state index in [-0.39, 0.29) is 11.7 Å². The first-order valence-electron chi connectivity index (χ1n) is 7.92. The van der Waals surface area contributed by atoms with Crippen molar-refractivity contribution >= 4 is 5.97 Å². The van der Waals surface area contributed by atoms with Gasteiger partial charge in [-0.2, -0.15) is 0 Å². The van der Waals surface area contributed by atoms with E-state index >= 15 is 0 Å². The van der Waals surface area contributed by atoms with Crippen molar-refractivity contribution in [3.05, 3.63) is 29.3 Å². The highest BCUT2D eigenvalue weighted by molar-refractivity contribution is 5.91. The standard InChI is InChI=1S/C17H27NO3/c1-4-7-8-9-11-14-15(12-10-13-16(14)19)17(20)21-18(5-2)6-3/h10,12-13,19H,4-9,11H2,1-3H3. The van der Waals surface area contributed by atoms with Crippen LogP contribution in [0.15, 0.2) is 18.2 Å². The summed E-state index contributed by atoms with van der Waals surface area (Å²) in [4.78, 5) is 17.6. The molecule has 0 amide bonds. The van der Waals surface area contributed by atoms with Gasteiger partial charge in [0.15, 0.2) is 0 Å². The van der Waals surface area contributed by atoms with Gasteiger partial charge in [0.2, 0.25) is 0 Å². The average Bonchev–Trinajstić information content (AvgIpc) is 2.50. The summed E-state index contributed by atoms with van der Waals surface area (Å²) >= 11 is 0. The van der Waals surface area contributed by atoms with E-state index in [1.165, 1.54) is 6.42 Å². The molecule has 0 saturated carbocycles. The highest BCUT2D eigenvalue weighted by Crippen LogP contribution is 2.24. The fraction of sp³-hybridized carbons (Fsp3) is 0.588. The van der Waals surface area contributed by atoms with Gasteiger partial charge >= 0.3 is 5.97 Å². The molecular weight excluding hydrogens is 266 g/mol. The number of unbranched alkanes of at least 4 members (excludes halogenated alkanes) is 3. The molecule has 4 nitrogen and oxygen atoms in total. The molecule has 118 valence electrons. The molecule has 0 heterocycles. The van der Waals surface area contributed by atoms with Gasteiger partial charge in [0.05, 0.1) is 5.56 Å². The zero-order valence-electron chi connectivity index (χ0n) is 13.4. The van der Waals surface area contributed by atoms with E-state index in [0.717, 1.165) is 19.3 Å². The first-order valence-corrected chi connectivity index (χ1v) is 7.92. The molecular formula is C17H27NO3. The van der Waals surface area contributed by atoms with Crippen molar-refractivity contribution in [2.24, 2.45) is 0 Å². The molecule has 0 bridgehead atoms. The summed E-state index contributed by atoms with van der Waals surface area (Å²) < 4.78 is 0. The highest BCUT2D eigenvalue weighted by Gasteiger charge is 2.18. The average molecular weight is 293 g/mol. The van der Waals surface area contributed by atoms with Crippen LogP contribution in [0.2, 0.25) is 0 Å². The molecule has 1 aromatic rings. The molecule has 0 spiro atoms. The van der Waals surface area contributed by atoms with Crippen LogP contribution in [-0.2, 0) is 11.3 Å². The molecule has 0 saturated heterocycles. The Labute approximate surface area is 127 Å². The van der Waals surface area contributed by atoms with E-state index in [9.17, 15) is 9.90 Å². The zero-order chi connectivity index (χ0) is 15.7. The Morgan fingerprint density at radius 3 is 2.48 bits per heavy atom. The van der Waals surface area contributed by atoms with Gasteiger partial charge < -0.3 is 9.94 Å². The molecule has 0 fully saturated rings. The quantitative estimate of drug-likeness (QED) is 0.553. The second-order valence-corrected chi connectivity index (χ2v) is 5.11. The van der Waals surface area contributed by atoms with E-state index in [4.69, 9.17) is 4.84 Å². The molecule has 0 atom stereocenters. The summed E-state index contributed by atoms with van der Waals surface area (Å²) in [6.45, 7) is 7.32. The number of nitrogens with zero attached hydrogens (tertiary/aromatic N) is 1. The Kier molecular flexibility index (Phi) is 7.83. The van der Waals surface area contributed by atoms with Gasteiger partial charge in [-0.1, -0.05) is 32.3 Å². The number of hydrogen-bond acceptors (Lipinski definition) is 4. The Balaban J connectivity index is 2.80. The smallest absolute Gasteiger partial charge is 0.357 e. The summed E-state index contributed by atoms with van der Waals surface area (Å²) in [6, 6.07) is 5.04. The number of hydrogen-bond donors (Lipinski definition) is 1. The van der Waals surface area contributed by atoms with Crippen LogP contribution in [0.25, 0.3) is 0 Å². The summed E-state index contributed by atoms with van der Waals surface area (Å²) in [7, 11) is 0. The Bertz CT molecular complexity index is 442. The number of aromatic hydroxyl groups is 1. The summed E-state index contributed by atoms with van der Waals surface area (Å²) in [5, 5.41) is 11.6. The largest absolute Gasteiger partial charge is 0.508 e. The second-order valence-electron chi connectivity index (χ2n) is 5.11. The van der Waals surface area contributed by atoms with Crippen LogP contribution < -0.4 is 0 Å². The normalized spacial score (nSPS) is 10.9. The molecule has 0 unspecified atom stereocenters. The molecule has 1 rings (SSSR count). The third-order valence-corrected chi connectivity index (χ3v) is 3.57. The molecule has 1 N–H and O–H groups in total. The SMILES string of the molecule is CCCCCCc1c(O)cccc1C(=O)ON(CC)CC. The number of carbonyl (C=O) groups excluding carboxylic acids is 1. The minimum Gasteiger partial charge on any atom is -0.508 e. The summed E-state index contributed by atoms with van der Waals surface area (Å²) in [5.41, 5.74) is 1.17. The maximum atomic E-state index is 12.3. The van der Waals surface area contributed by atoms with E-state index in [0.29, 0.717) is 30.6 Å². The van der Waals surface area contributed by atoms with E-state index in [2.05, 4.69) is 6.92 Å². The van der Waals surface area contributed by atoms with Crippen LogP contribution in [0.5, 0.6) is 5.75 Å². The highest BCUT2D eigenvalue weighted by atomic mass is 16.7.